The summed E-state index contributed by atoms with van der Waals surface area (Å²) in [6.45, 7) is 4.73. The molecule has 0 amide bonds. The van der Waals surface area contributed by atoms with Gasteiger partial charge in [-0.25, -0.2) is 0 Å². The van der Waals surface area contributed by atoms with E-state index in [0.717, 1.165) is 17.1 Å². The first-order valence-corrected chi connectivity index (χ1v) is 20.8. The third-order valence-electron chi connectivity index (χ3n) is 13.5. The lowest BCUT2D eigenvalue weighted by Crippen LogP contribution is -2.25. The number of hydrogen-bond donors (Lipinski definition) is 0. The Bertz CT molecular complexity index is 3100. The molecule has 9 aromatic carbocycles. The summed E-state index contributed by atoms with van der Waals surface area (Å²) < 4.78 is 0. The van der Waals surface area contributed by atoms with Crippen LogP contribution < -0.4 is 4.90 Å². The van der Waals surface area contributed by atoms with E-state index in [1.54, 1.807) is 0 Å². The van der Waals surface area contributed by atoms with Crippen molar-refractivity contribution in [2.75, 3.05) is 4.90 Å². The maximum atomic E-state index is 2.47. The van der Waals surface area contributed by atoms with E-state index < -0.39 is 0 Å². The van der Waals surface area contributed by atoms with Gasteiger partial charge in [-0.3, -0.25) is 0 Å². The topological polar surface area (TPSA) is 3.24 Å². The van der Waals surface area contributed by atoms with Crippen LogP contribution in [0.15, 0.2) is 212 Å². The Labute approximate surface area is 346 Å². The molecular weight excluding hydrogens is 711 g/mol. The molecule has 0 atom stereocenters. The third-order valence-corrected chi connectivity index (χ3v) is 13.5. The molecular formula is C58H41N. The molecule has 0 fully saturated rings. The zero-order valence-corrected chi connectivity index (χ0v) is 33.2. The van der Waals surface area contributed by atoms with Crippen LogP contribution in [-0.4, -0.2) is 0 Å². The molecule has 0 aliphatic heterocycles. The minimum Gasteiger partial charge on any atom is -0.310 e. The molecule has 0 heterocycles. The molecule has 0 N–H and O–H groups in total. The third kappa shape index (κ3) is 4.73. The van der Waals surface area contributed by atoms with Crippen molar-refractivity contribution in [2.45, 2.75) is 24.7 Å². The van der Waals surface area contributed by atoms with Crippen molar-refractivity contribution in [3.05, 3.63) is 246 Å². The van der Waals surface area contributed by atoms with Crippen molar-refractivity contribution in [1.82, 2.24) is 0 Å². The summed E-state index contributed by atoms with van der Waals surface area (Å²) in [5, 5.41) is 0. The van der Waals surface area contributed by atoms with Crippen molar-refractivity contribution < 1.29 is 0 Å². The van der Waals surface area contributed by atoms with Gasteiger partial charge in [0.2, 0.25) is 0 Å². The lowest BCUT2D eigenvalue weighted by atomic mass is 9.70. The number of anilines is 3. The average Bonchev–Trinajstić information content (AvgIpc) is 3.85. The minimum absolute atomic E-state index is 0.118. The highest BCUT2D eigenvalue weighted by Gasteiger charge is 2.51. The molecule has 1 nitrogen and oxygen atoms in total. The van der Waals surface area contributed by atoms with E-state index in [4.69, 9.17) is 0 Å². The molecule has 0 radical (unpaired) electrons. The van der Waals surface area contributed by atoms with Crippen LogP contribution in [0.5, 0.6) is 0 Å². The van der Waals surface area contributed by atoms with Crippen LogP contribution in [0.25, 0.3) is 55.6 Å². The van der Waals surface area contributed by atoms with Crippen molar-refractivity contribution in [3.63, 3.8) is 0 Å². The molecule has 1 heteroatoms. The Kier molecular flexibility index (Phi) is 7.26. The predicted molar refractivity (Wildman–Crippen MR) is 246 cm³/mol. The van der Waals surface area contributed by atoms with Crippen molar-refractivity contribution >= 4 is 17.1 Å². The highest BCUT2D eigenvalue weighted by Crippen LogP contribution is 2.63. The van der Waals surface area contributed by atoms with E-state index >= 15 is 0 Å². The van der Waals surface area contributed by atoms with Crippen LogP contribution in [0.4, 0.5) is 17.1 Å². The first-order valence-electron chi connectivity index (χ1n) is 20.8. The summed E-state index contributed by atoms with van der Waals surface area (Å²) in [5.41, 5.74) is 23.9. The zero-order valence-electron chi connectivity index (χ0n) is 33.2. The van der Waals surface area contributed by atoms with Gasteiger partial charge in [-0.05, 0) is 120 Å². The number of rotatable bonds is 5. The smallest absolute Gasteiger partial charge is 0.0725 e. The molecule has 278 valence electrons. The fraction of sp³-hybridized carbons (Fsp3) is 0.0690. The summed E-state index contributed by atoms with van der Waals surface area (Å²) in [6, 6.07) is 79.1. The maximum absolute atomic E-state index is 2.47. The molecule has 9 aromatic rings. The molecule has 0 unspecified atom stereocenters. The monoisotopic (exact) mass is 751 g/mol. The van der Waals surface area contributed by atoms with Gasteiger partial charge in [0.15, 0.2) is 0 Å². The first kappa shape index (κ1) is 33.9. The molecule has 3 aliphatic carbocycles. The van der Waals surface area contributed by atoms with Crippen LogP contribution in [0.1, 0.15) is 47.2 Å². The van der Waals surface area contributed by atoms with E-state index in [1.807, 2.05) is 0 Å². The quantitative estimate of drug-likeness (QED) is 0.169. The molecule has 59 heavy (non-hydrogen) atoms. The van der Waals surface area contributed by atoms with Gasteiger partial charge in [-0.15, -0.1) is 0 Å². The molecule has 3 aliphatic rings. The van der Waals surface area contributed by atoms with Gasteiger partial charge in [0.25, 0.3) is 0 Å². The molecule has 0 bridgehead atoms. The van der Waals surface area contributed by atoms with Crippen LogP contribution in [0, 0.1) is 0 Å². The van der Waals surface area contributed by atoms with Gasteiger partial charge in [0, 0.05) is 22.4 Å². The Balaban J connectivity index is 1.04. The standard InChI is InChI=1S/C58H41N/c1-57(2)50-26-11-6-22-44(50)48-33-32-42(37-55(48)57)59(56-30-15-10-21-43(56)38-17-4-3-5-18-38)41-20-16-19-39(35-41)40-31-34-54-49(36-40)47-25-9-14-29-53(47)58(54)51-27-12-7-23-45(51)46-24-8-13-28-52(46)58/h3-37H,1-2H3. The van der Waals surface area contributed by atoms with Crippen molar-refractivity contribution in [2.24, 2.45) is 0 Å². The van der Waals surface area contributed by atoms with E-state index in [0.29, 0.717) is 0 Å². The lowest BCUT2D eigenvalue weighted by Gasteiger charge is -2.30. The van der Waals surface area contributed by atoms with Gasteiger partial charge >= 0.3 is 0 Å². The highest BCUT2D eigenvalue weighted by molar-refractivity contribution is 5.97. The first-order chi connectivity index (χ1) is 29.0. The second-order valence-corrected chi connectivity index (χ2v) is 16.8. The second-order valence-electron chi connectivity index (χ2n) is 16.8. The van der Waals surface area contributed by atoms with Crippen LogP contribution >= 0.6 is 0 Å². The van der Waals surface area contributed by atoms with Crippen LogP contribution in [-0.2, 0) is 10.8 Å². The average molecular weight is 752 g/mol. The van der Waals surface area contributed by atoms with Crippen molar-refractivity contribution in [3.8, 4) is 55.6 Å². The van der Waals surface area contributed by atoms with Crippen molar-refractivity contribution in [1.29, 1.82) is 0 Å². The Morgan fingerprint density at radius 3 is 1.44 bits per heavy atom. The fourth-order valence-electron chi connectivity index (χ4n) is 10.9. The summed E-state index contributed by atoms with van der Waals surface area (Å²) in [6.07, 6.45) is 0. The number of nitrogens with zero attached hydrogens (tertiary/aromatic N) is 1. The van der Waals surface area contributed by atoms with E-state index in [1.165, 1.54) is 89.0 Å². The molecule has 0 aromatic heterocycles. The SMILES string of the molecule is CC1(C)c2ccccc2-c2ccc(N(c3cccc(-c4ccc5c(c4)-c4ccccc4C54c5ccccc5-c5ccccc54)c3)c3ccccc3-c3ccccc3)cc21. The fourth-order valence-corrected chi connectivity index (χ4v) is 10.9. The lowest BCUT2D eigenvalue weighted by molar-refractivity contribution is 0.660. The maximum Gasteiger partial charge on any atom is 0.0725 e. The van der Waals surface area contributed by atoms with Gasteiger partial charge in [-0.2, -0.15) is 0 Å². The summed E-state index contributed by atoms with van der Waals surface area (Å²) in [4.78, 5) is 2.47. The summed E-state index contributed by atoms with van der Waals surface area (Å²) in [7, 11) is 0. The number of benzene rings is 9. The Morgan fingerprint density at radius 1 is 0.288 bits per heavy atom. The highest BCUT2D eigenvalue weighted by atomic mass is 15.1. The van der Waals surface area contributed by atoms with E-state index in [-0.39, 0.29) is 10.8 Å². The van der Waals surface area contributed by atoms with Gasteiger partial charge < -0.3 is 4.90 Å². The summed E-state index contributed by atoms with van der Waals surface area (Å²) >= 11 is 0. The Morgan fingerprint density at radius 2 is 0.763 bits per heavy atom. The number of fused-ring (bicyclic) bond motifs is 13. The second kappa shape index (κ2) is 12.6. The Hall–Kier alpha value is -7.22. The van der Waals surface area contributed by atoms with Crippen LogP contribution in [0.3, 0.4) is 0 Å². The number of hydrogen-bond acceptors (Lipinski definition) is 1. The molecule has 0 saturated carbocycles. The van der Waals surface area contributed by atoms with Gasteiger partial charge in [0.05, 0.1) is 11.1 Å². The molecule has 0 saturated heterocycles. The van der Waals surface area contributed by atoms with E-state index in [2.05, 4.69) is 231 Å². The van der Waals surface area contributed by atoms with Gasteiger partial charge in [0.1, 0.15) is 0 Å². The normalized spacial score (nSPS) is 14.2. The van der Waals surface area contributed by atoms with E-state index in [9.17, 15) is 0 Å². The number of para-hydroxylation sites is 1. The van der Waals surface area contributed by atoms with Gasteiger partial charge in [-0.1, -0.05) is 190 Å². The largest absolute Gasteiger partial charge is 0.310 e. The molecule has 1 spiro atoms. The van der Waals surface area contributed by atoms with Crippen LogP contribution in [0.2, 0.25) is 0 Å². The minimum atomic E-state index is -0.349. The predicted octanol–water partition coefficient (Wildman–Crippen LogP) is 15.1. The molecule has 12 rings (SSSR count). The zero-order chi connectivity index (χ0) is 39.3. The summed E-state index contributed by atoms with van der Waals surface area (Å²) in [5.74, 6) is 0.